The van der Waals surface area contributed by atoms with Crippen molar-refractivity contribution in [3.05, 3.63) is 34.2 Å². The van der Waals surface area contributed by atoms with Crippen LogP contribution < -0.4 is 10.4 Å². The summed E-state index contributed by atoms with van der Waals surface area (Å²) in [6.07, 6.45) is 0. The first-order valence-electron chi connectivity index (χ1n) is 5.19. The minimum Gasteiger partial charge on any atom is -0.306 e. The van der Waals surface area contributed by atoms with Crippen LogP contribution in [0.5, 0.6) is 0 Å². The predicted molar refractivity (Wildman–Crippen MR) is 73.2 cm³/mol. The molecule has 0 amide bonds. The van der Waals surface area contributed by atoms with Crippen LogP contribution in [0.15, 0.2) is 23.0 Å². The third-order valence-corrected chi connectivity index (χ3v) is 5.35. The lowest BCUT2D eigenvalue weighted by molar-refractivity contribution is 0.572. The van der Waals surface area contributed by atoms with Crippen LogP contribution in [0.2, 0.25) is 0 Å². The number of imidazole rings is 1. The number of nitrogens with one attached hydrogen (secondary N) is 3. The minimum atomic E-state index is -3.33. The predicted octanol–water partition coefficient (Wildman–Crippen LogP) is 1.19. The van der Waals surface area contributed by atoms with Gasteiger partial charge in [0.2, 0.25) is 10.0 Å². The van der Waals surface area contributed by atoms with Crippen LogP contribution in [0.3, 0.4) is 0 Å². The van der Waals surface area contributed by atoms with E-state index < -0.39 is 10.0 Å². The van der Waals surface area contributed by atoms with E-state index in [0.717, 1.165) is 5.56 Å². The Bertz CT molecular complexity index is 719. The molecule has 0 fully saturated rings. The Morgan fingerprint density at radius 3 is 2.67 bits per heavy atom. The summed E-state index contributed by atoms with van der Waals surface area (Å²) in [6, 6.07) is 4.89. The molecule has 1 aromatic carbocycles. The summed E-state index contributed by atoms with van der Waals surface area (Å²) in [7, 11) is -3.33. The largest absolute Gasteiger partial charge is 0.323 e. The standard InChI is InChI=1S/C10H12BrN3O3S/c1-6(14-18(16,17)5-11)7-2-3-8-9(4-7)13-10(15)12-8/h2-4,6,14H,5H2,1H3,(H2,12,13,15). The first kappa shape index (κ1) is 13.3. The maximum absolute atomic E-state index is 11.4. The SMILES string of the molecule is CC(NS(=O)(=O)CBr)c1ccc2[nH]c(=O)[nH]c2c1. The summed E-state index contributed by atoms with van der Waals surface area (Å²) >= 11 is 2.91. The Labute approximate surface area is 112 Å². The molecule has 0 aliphatic heterocycles. The van der Waals surface area contributed by atoms with Gasteiger partial charge >= 0.3 is 5.69 Å². The van der Waals surface area contributed by atoms with E-state index in [1.54, 1.807) is 25.1 Å². The van der Waals surface area contributed by atoms with E-state index >= 15 is 0 Å². The third kappa shape index (κ3) is 2.82. The molecule has 8 heteroatoms. The maximum atomic E-state index is 11.4. The summed E-state index contributed by atoms with van der Waals surface area (Å²) in [4.78, 5) is 16.4. The Hall–Kier alpha value is -1.12. The number of aromatic nitrogens is 2. The number of hydrogen-bond donors (Lipinski definition) is 3. The van der Waals surface area contributed by atoms with Crippen LogP contribution in [0.25, 0.3) is 11.0 Å². The van der Waals surface area contributed by atoms with Crippen molar-refractivity contribution in [3.63, 3.8) is 0 Å². The smallest absolute Gasteiger partial charge is 0.306 e. The molecule has 1 heterocycles. The van der Waals surface area contributed by atoms with Crippen LogP contribution in [-0.2, 0) is 10.0 Å². The van der Waals surface area contributed by atoms with E-state index in [1.807, 2.05) is 0 Å². The molecule has 2 rings (SSSR count). The fraction of sp³-hybridized carbons (Fsp3) is 0.300. The molecule has 1 atom stereocenters. The summed E-state index contributed by atoms with van der Waals surface area (Å²) < 4.78 is 25.2. The molecule has 0 bridgehead atoms. The van der Waals surface area contributed by atoms with Gasteiger partial charge in [-0.05, 0) is 24.6 Å². The molecule has 0 aliphatic rings. The Morgan fingerprint density at radius 1 is 1.33 bits per heavy atom. The average Bonchev–Trinajstić information content (AvgIpc) is 2.67. The number of benzene rings is 1. The molecule has 0 spiro atoms. The fourth-order valence-electron chi connectivity index (χ4n) is 1.69. The highest BCUT2D eigenvalue weighted by atomic mass is 79.9. The lowest BCUT2D eigenvalue weighted by Gasteiger charge is -2.13. The lowest BCUT2D eigenvalue weighted by Crippen LogP contribution is -2.27. The third-order valence-electron chi connectivity index (χ3n) is 2.54. The van der Waals surface area contributed by atoms with Gasteiger partial charge in [0.25, 0.3) is 0 Å². The molecule has 0 aliphatic carbocycles. The topological polar surface area (TPSA) is 94.8 Å². The number of alkyl halides is 1. The molecule has 0 saturated heterocycles. The molecule has 1 aromatic heterocycles. The second-order valence-corrected chi connectivity index (χ2v) is 7.00. The molecule has 0 saturated carbocycles. The minimum absolute atomic E-state index is 0.145. The van der Waals surface area contributed by atoms with Crippen LogP contribution in [0.4, 0.5) is 0 Å². The fourth-order valence-corrected chi connectivity index (χ4v) is 2.82. The van der Waals surface area contributed by atoms with Crippen molar-refractivity contribution in [2.75, 3.05) is 4.66 Å². The zero-order valence-electron chi connectivity index (χ0n) is 9.53. The first-order chi connectivity index (χ1) is 8.41. The molecule has 0 radical (unpaired) electrons. The van der Waals surface area contributed by atoms with Gasteiger partial charge in [-0.15, -0.1) is 0 Å². The van der Waals surface area contributed by atoms with Crippen LogP contribution in [0, 0.1) is 0 Å². The highest BCUT2D eigenvalue weighted by Crippen LogP contribution is 2.17. The van der Waals surface area contributed by atoms with Crippen molar-refractivity contribution in [1.29, 1.82) is 0 Å². The van der Waals surface area contributed by atoms with Crippen molar-refractivity contribution in [3.8, 4) is 0 Å². The van der Waals surface area contributed by atoms with Gasteiger partial charge in [0, 0.05) is 6.04 Å². The van der Waals surface area contributed by atoms with E-state index in [9.17, 15) is 13.2 Å². The van der Waals surface area contributed by atoms with E-state index in [2.05, 4.69) is 30.6 Å². The molecule has 18 heavy (non-hydrogen) atoms. The Morgan fingerprint density at radius 2 is 2.00 bits per heavy atom. The number of sulfonamides is 1. The zero-order chi connectivity index (χ0) is 13.3. The van der Waals surface area contributed by atoms with E-state index in [1.165, 1.54) is 0 Å². The van der Waals surface area contributed by atoms with Crippen molar-refractivity contribution < 1.29 is 8.42 Å². The number of aromatic amines is 2. The second-order valence-electron chi connectivity index (χ2n) is 3.95. The van der Waals surface area contributed by atoms with Gasteiger partial charge in [-0.2, -0.15) is 0 Å². The molecule has 1 unspecified atom stereocenters. The highest BCUT2D eigenvalue weighted by Gasteiger charge is 2.14. The van der Waals surface area contributed by atoms with E-state index in [-0.39, 0.29) is 16.4 Å². The molecule has 2 aromatic rings. The summed E-state index contributed by atoms with van der Waals surface area (Å²) in [5.41, 5.74) is 1.85. The molecular weight excluding hydrogens is 322 g/mol. The number of hydrogen-bond acceptors (Lipinski definition) is 3. The van der Waals surface area contributed by atoms with Crippen LogP contribution >= 0.6 is 15.9 Å². The molecule has 6 nitrogen and oxygen atoms in total. The second kappa shape index (κ2) is 4.87. The molecular formula is C10H12BrN3O3S. The van der Waals surface area contributed by atoms with Gasteiger partial charge in [0.05, 0.1) is 11.0 Å². The Balaban J connectivity index is 2.33. The first-order valence-corrected chi connectivity index (χ1v) is 7.96. The molecule has 3 N–H and O–H groups in total. The lowest BCUT2D eigenvalue weighted by atomic mass is 10.1. The van der Waals surface area contributed by atoms with Crippen molar-refractivity contribution in [1.82, 2.24) is 14.7 Å². The normalized spacial score (nSPS) is 13.9. The maximum Gasteiger partial charge on any atom is 0.323 e. The van der Waals surface area contributed by atoms with Gasteiger partial charge in [0.15, 0.2) is 0 Å². The van der Waals surface area contributed by atoms with Gasteiger partial charge in [0.1, 0.15) is 4.66 Å². The Kier molecular flexibility index (Phi) is 3.60. The van der Waals surface area contributed by atoms with Gasteiger partial charge in [-0.1, -0.05) is 22.0 Å². The van der Waals surface area contributed by atoms with Gasteiger partial charge < -0.3 is 9.97 Å². The van der Waals surface area contributed by atoms with E-state index in [0.29, 0.717) is 11.0 Å². The number of halogens is 1. The summed E-state index contributed by atoms with van der Waals surface area (Å²) in [5, 5.41) is 0. The van der Waals surface area contributed by atoms with Crippen LogP contribution in [-0.4, -0.2) is 23.0 Å². The number of fused-ring (bicyclic) bond motifs is 1. The number of H-pyrrole nitrogens is 2. The highest BCUT2D eigenvalue weighted by molar-refractivity contribution is 9.10. The number of rotatable bonds is 4. The van der Waals surface area contributed by atoms with Crippen LogP contribution in [0.1, 0.15) is 18.5 Å². The summed E-state index contributed by atoms with van der Waals surface area (Å²) in [6.45, 7) is 1.74. The van der Waals surface area contributed by atoms with Crippen molar-refractivity contribution >= 4 is 37.0 Å². The summed E-state index contributed by atoms with van der Waals surface area (Å²) in [5.74, 6) is 0. The van der Waals surface area contributed by atoms with E-state index in [4.69, 9.17) is 0 Å². The monoisotopic (exact) mass is 333 g/mol. The van der Waals surface area contributed by atoms with Gasteiger partial charge in [-0.25, -0.2) is 17.9 Å². The van der Waals surface area contributed by atoms with Crippen molar-refractivity contribution in [2.24, 2.45) is 0 Å². The van der Waals surface area contributed by atoms with Crippen molar-refractivity contribution in [2.45, 2.75) is 13.0 Å². The molecule has 98 valence electrons. The van der Waals surface area contributed by atoms with Gasteiger partial charge in [-0.3, -0.25) is 0 Å². The zero-order valence-corrected chi connectivity index (χ0v) is 11.9. The average molecular weight is 334 g/mol. The quantitative estimate of drug-likeness (QED) is 0.733.